The van der Waals surface area contributed by atoms with Crippen molar-refractivity contribution in [2.75, 3.05) is 37.5 Å². The Kier molecular flexibility index (Phi) is 47.6. The lowest BCUT2D eigenvalue weighted by Gasteiger charge is -2.17. The van der Waals surface area contributed by atoms with E-state index < -0.39 is 5.30 Å². The molecule has 1 aliphatic rings. The molecule has 0 atom stereocenters. The maximum absolute atomic E-state index is 11.7. The summed E-state index contributed by atoms with van der Waals surface area (Å²) in [4.78, 5) is 69.6. The number of halogens is 2. The van der Waals surface area contributed by atoms with Crippen LogP contribution in [-0.2, 0) is 52.7 Å². The summed E-state index contributed by atoms with van der Waals surface area (Å²) < 4.78 is 70.4. The molecule has 1 aliphatic carbocycles. The molecule has 0 unspecified atom stereocenters. The van der Waals surface area contributed by atoms with Gasteiger partial charge in [-0.05, 0) is 495 Å². The Morgan fingerprint density at radius 2 is 0.507 bits per heavy atom. The molecule has 1 saturated carbocycles. The maximum Gasteiger partial charge on any atom is 0.372 e. The van der Waals surface area contributed by atoms with E-state index in [1.165, 1.54) is 79.6 Å². The highest BCUT2D eigenvalue weighted by Gasteiger charge is 2.29. The summed E-state index contributed by atoms with van der Waals surface area (Å²) >= 11 is 12.0. The van der Waals surface area contributed by atoms with E-state index in [4.69, 9.17) is 56.8 Å². The number of aliphatic hydroxyl groups excluding tert-OH is 1. The molecule has 0 amide bonds. The maximum atomic E-state index is 11.7. The fourth-order valence-corrected chi connectivity index (χ4v) is 16.7. The van der Waals surface area contributed by atoms with Gasteiger partial charge in [-0.15, -0.1) is 0 Å². The number of benzene rings is 12. The van der Waals surface area contributed by atoms with Crippen LogP contribution in [0.25, 0.3) is 0 Å². The van der Waals surface area contributed by atoms with E-state index >= 15 is 0 Å². The van der Waals surface area contributed by atoms with Crippen LogP contribution in [-0.4, -0.2) is 74.4 Å². The number of carbonyl (C=O) groups is 6. The van der Waals surface area contributed by atoms with E-state index in [-0.39, 0.29) is 39.7 Å². The zero-order valence-electron chi connectivity index (χ0n) is 86.0. The number of hydrogen-bond donors (Lipinski definition) is 1. The number of thioether (sulfide) groups is 6. The normalized spacial score (nSPS) is 11.0. The zero-order valence-corrected chi connectivity index (χ0v) is 94.6. The third-order valence-electron chi connectivity index (χ3n) is 23.9. The minimum absolute atomic E-state index is 0.144. The van der Waals surface area contributed by atoms with Crippen molar-refractivity contribution in [1.29, 1.82) is 0 Å². The summed E-state index contributed by atoms with van der Waals surface area (Å²) in [5, 5.41) is 7.58. The first-order valence-electron chi connectivity index (χ1n) is 46.0. The molecular formula is C115H130BrIO19S6. The molecule has 0 aliphatic heterocycles. The molecule has 0 bridgehead atoms. The lowest BCUT2D eigenvalue weighted by molar-refractivity contribution is 0.223. The molecular weight excluding hydrogens is 2080 g/mol. The van der Waals surface area contributed by atoms with E-state index in [0.29, 0.717) is 84.6 Å². The molecule has 12 aromatic carbocycles. The lowest BCUT2D eigenvalue weighted by atomic mass is 10.0. The molecule has 0 radical (unpaired) electrons. The molecule has 12 aromatic rings. The minimum Gasteiger partial charge on any atom is -0.488 e. The van der Waals surface area contributed by atoms with Gasteiger partial charge in [-0.25, -0.2) is 28.8 Å². The van der Waals surface area contributed by atoms with Gasteiger partial charge in [0.05, 0.1) is 6.61 Å². The first kappa shape index (κ1) is 117. The van der Waals surface area contributed by atoms with Crippen molar-refractivity contribution in [2.45, 2.75) is 210 Å². The number of aryl methyl sites for hydroxylation is 20. The number of ether oxygens (including phenoxy) is 12. The average Bonchev–Trinajstić information content (AvgIpc) is 1.66. The second kappa shape index (κ2) is 57.9. The van der Waals surface area contributed by atoms with Gasteiger partial charge in [-0.3, -0.25) is 0 Å². The largest absolute Gasteiger partial charge is 0.488 e. The van der Waals surface area contributed by atoms with Gasteiger partial charge < -0.3 is 61.9 Å². The number of carbonyl (C=O) groups excluding carboxylic acids is 6. The third kappa shape index (κ3) is 35.2. The Morgan fingerprint density at radius 1 is 0.275 bits per heavy atom. The second-order valence-electron chi connectivity index (χ2n) is 34.2. The first-order valence-corrected chi connectivity index (χ1v) is 55.3. The van der Waals surface area contributed by atoms with E-state index in [2.05, 4.69) is 189 Å². The molecule has 754 valence electrons. The Bertz CT molecular complexity index is 6010. The molecule has 13 rings (SSSR count). The smallest absolute Gasteiger partial charge is 0.372 e. The van der Waals surface area contributed by atoms with Crippen LogP contribution in [0, 0.1) is 135 Å². The summed E-state index contributed by atoms with van der Waals surface area (Å²) in [5.41, 5.74) is 30.5. The molecule has 19 nitrogen and oxygen atoms in total. The van der Waals surface area contributed by atoms with Crippen LogP contribution < -0.4 is 56.8 Å². The average molecular weight is 2220 g/mol. The van der Waals surface area contributed by atoms with Crippen molar-refractivity contribution in [3.8, 4) is 69.0 Å². The van der Waals surface area contributed by atoms with E-state index in [0.717, 1.165) is 197 Å². The second-order valence-corrected chi connectivity index (χ2v) is 40.6. The van der Waals surface area contributed by atoms with Crippen molar-refractivity contribution < 1.29 is 90.7 Å². The molecule has 1 fully saturated rings. The monoisotopic (exact) mass is 2210 g/mol. The molecule has 1 N–H and O–H groups in total. The highest BCUT2D eigenvalue weighted by molar-refractivity contribution is 14.1. The van der Waals surface area contributed by atoms with Crippen LogP contribution in [0.3, 0.4) is 0 Å². The minimum atomic E-state index is -0.395. The van der Waals surface area contributed by atoms with Crippen LogP contribution >= 0.6 is 109 Å². The van der Waals surface area contributed by atoms with Gasteiger partial charge in [0.1, 0.15) is 109 Å². The molecule has 0 saturated heterocycles. The molecule has 142 heavy (non-hydrogen) atoms. The molecule has 27 heteroatoms. The lowest BCUT2D eigenvalue weighted by Crippen LogP contribution is -2.08. The van der Waals surface area contributed by atoms with Crippen molar-refractivity contribution in [2.24, 2.45) is 0 Å². The first-order chi connectivity index (χ1) is 67.7. The summed E-state index contributed by atoms with van der Waals surface area (Å²) in [6.07, 6.45) is 13.4. The van der Waals surface area contributed by atoms with Crippen LogP contribution in [0.1, 0.15) is 181 Å². The molecule has 0 aromatic heterocycles. The summed E-state index contributed by atoms with van der Waals surface area (Å²) in [6, 6.07) is 58.8. The number of hydrogen-bond acceptors (Lipinski definition) is 25. The number of rotatable bonds is 27. The fourth-order valence-electron chi connectivity index (χ4n) is 14.6. The van der Waals surface area contributed by atoms with Gasteiger partial charge in [0, 0.05) is 41.4 Å². The van der Waals surface area contributed by atoms with Crippen molar-refractivity contribution >= 4 is 141 Å². The van der Waals surface area contributed by atoms with Crippen LogP contribution in [0.5, 0.6) is 69.0 Å². The van der Waals surface area contributed by atoms with E-state index in [1.54, 1.807) is 73.9 Å². The summed E-state index contributed by atoms with van der Waals surface area (Å²) in [5.74, 6) is 8.90. The van der Waals surface area contributed by atoms with Crippen molar-refractivity contribution in [3.05, 3.63) is 346 Å². The third-order valence-corrected chi connectivity index (χ3v) is 28.1. The Hall–Kier alpha value is -10.5. The standard InChI is InChI=1S/C21H24O3S.C20H24O3S.C19H22O4S.C19H22O3S.C18H19BrO3S.C18H19IO3S/c1-13-10-15(3)20(11-14(13)2)23-12-18-17(16-8-9-16)6-5-7-19(18)24-21(22)25-4;1-6-16-8-7-9-18(23-20(21)24-5)17(16)12-22-19-11-14(3)13(2)10-15(19)4;1-12-8-14(3)18(9-13(12)2)22-11-16-15(10-20)6-5-7-17(16)23-19(21)24-4;1-12-7-6-8-17(22-19(20)23-5)16(12)11-21-18-10-14(3)13(2)9-15(18)4;2*1-11-8-13(3)17(9-12(11)2)21-10-14-15(19)6-5-7-16(14)22-18(20)23-4/h5-7,10-11,16H,8-9,12H2,1-4H3;7-11H,6,12H2,1-5H3;5-9,20H,10-11H2,1-4H3;6-10H,11H2,1-5H3;2*5-9H,10H2,1-4H3. The van der Waals surface area contributed by atoms with Crippen LogP contribution in [0.2, 0.25) is 0 Å². The topological polar surface area (TPSA) is 233 Å². The van der Waals surface area contributed by atoms with Gasteiger partial charge in [0.25, 0.3) is 0 Å². The number of aliphatic hydroxyl groups is 1. The predicted octanol–water partition coefficient (Wildman–Crippen LogP) is 32.9. The quantitative estimate of drug-likeness (QED) is 0.0372. The van der Waals surface area contributed by atoms with Gasteiger partial charge in [-0.1, -0.05) is 120 Å². The van der Waals surface area contributed by atoms with Gasteiger partial charge in [-0.2, -0.15) is 0 Å². The SMILES string of the molecule is CCc1cccc(OC(=O)SC)c1COc1cc(C)c(C)cc1C.CSC(=O)Oc1cccc(Br)c1COc1cc(C)c(C)cc1C.CSC(=O)Oc1cccc(C)c1COc1cc(C)c(C)cc1C.CSC(=O)Oc1cccc(C2CC2)c1COc1cc(C)c(C)cc1C.CSC(=O)Oc1cccc(CO)c1COc1cc(C)c(C)cc1C.CSC(=O)Oc1cccc(I)c1COc1cc(C)c(C)cc1C. The van der Waals surface area contributed by atoms with Crippen LogP contribution in [0.15, 0.2) is 186 Å². The van der Waals surface area contributed by atoms with Crippen molar-refractivity contribution in [1.82, 2.24) is 0 Å². The van der Waals surface area contributed by atoms with E-state index in [1.807, 2.05) is 133 Å². The van der Waals surface area contributed by atoms with Gasteiger partial charge in [0.2, 0.25) is 0 Å². The fraction of sp³-hybridized carbons (Fsp3) is 0.322. The Balaban J connectivity index is 0.000000209. The van der Waals surface area contributed by atoms with E-state index in [9.17, 15) is 33.9 Å². The predicted molar refractivity (Wildman–Crippen MR) is 598 cm³/mol. The Labute approximate surface area is 886 Å². The highest BCUT2D eigenvalue weighted by Crippen LogP contribution is 2.45. The van der Waals surface area contributed by atoms with Gasteiger partial charge >= 0.3 is 31.8 Å². The van der Waals surface area contributed by atoms with Crippen LogP contribution in [0.4, 0.5) is 28.8 Å². The molecule has 0 heterocycles. The highest BCUT2D eigenvalue weighted by atomic mass is 127. The van der Waals surface area contributed by atoms with Crippen molar-refractivity contribution in [3.63, 3.8) is 0 Å². The zero-order chi connectivity index (χ0) is 104. The molecule has 0 spiro atoms. The summed E-state index contributed by atoms with van der Waals surface area (Å²) in [6.45, 7) is 43.1. The Morgan fingerprint density at radius 3 is 0.817 bits per heavy atom. The summed E-state index contributed by atoms with van der Waals surface area (Å²) in [7, 11) is 0. The van der Waals surface area contributed by atoms with Gasteiger partial charge in [0.15, 0.2) is 0 Å².